The molecular weight excluding hydrogens is 224 g/mol. The number of methoxy groups -OCH3 is 1. The number of piperidine rings is 1. The zero-order chi connectivity index (χ0) is 12.4. The zero-order valence-electron chi connectivity index (χ0n) is 10.6. The van der Waals surface area contributed by atoms with E-state index in [-0.39, 0.29) is 0 Å². The number of nitrogens with one attached hydrogen (secondary N) is 1. The van der Waals surface area contributed by atoms with Crippen LogP contribution in [0.1, 0.15) is 24.3 Å². The number of hydrogen-bond acceptors (Lipinski definition) is 3. The zero-order valence-corrected chi connectivity index (χ0v) is 10.6. The van der Waals surface area contributed by atoms with Crippen molar-refractivity contribution in [3.63, 3.8) is 0 Å². The Kier molecular flexibility index (Phi) is 3.15. The Morgan fingerprint density at radius 3 is 2.89 bits per heavy atom. The van der Waals surface area contributed by atoms with E-state index in [4.69, 9.17) is 4.74 Å². The fourth-order valence-corrected chi connectivity index (χ4v) is 2.69. The molecule has 0 saturated carbocycles. The number of nitrogens with zero attached hydrogens (tertiary/aromatic N) is 1. The van der Waals surface area contributed by atoms with E-state index in [9.17, 15) is 0 Å². The van der Waals surface area contributed by atoms with E-state index in [1.807, 2.05) is 18.3 Å². The monoisotopic (exact) mass is 242 g/mol. The van der Waals surface area contributed by atoms with Crippen LogP contribution in [-0.2, 0) is 0 Å². The first-order chi connectivity index (χ1) is 8.88. The highest BCUT2D eigenvalue weighted by atomic mass is 16.5. The first-order valence-corrected chi connectivity index (χ1v) is 6.52. The predicted molar refractivity (Wildman–Crippen MR) is 73.1 cm³/mol. The van der Waals surface area contributed by atoms with E-state index < -0.39 is 0 Å². The molecule has 1 saturated heterocycles. The molecule has 0 atom stereocenters. The van der Waals surface area contributed by atoms with E-state index >= 15 is 0 Å². The molecule has 18 heavy (non-hydrogen) atoms. The molecular formula is C15H18N2O. The lowest BCUT2D eigenvalue weighted by molar-refractivity contribution is 0.418. The topological polar surface area (TPSA) is 34.1 Å². The summed E-state index contributed by atoms with van der Waals surface area (Å²) in [4.78, 5) is 4.58. The molecule has 0 spiro atoms. The van der Waals surface area contributed by atoms with Crippen molar-refractivity contribution >= 4 is 10.9 Å². The maximum Gasteiger partial charge on any atom is 0.145 e. The smallest absolute Gasteiger partial charge is 0.145 e. The van der Waals surface area contributed by atoms with Crippen molar-refractivity contribution in [2.45, 2.75) is 18.8 Å². The summed E-state index contributed by atoms with van der Waals surface area (Å²) in [6.45, 7) is 2.22. The summed E-state index contributed by atoms with van der Waals surface area (Å²) >= 11 is 0. The molecule has 0 unspecified atom stereocenters. The average Bonchev–Trinajstić information content (AvgIpc) is 2.47. The summed E-state index contributed by atoms with van der Waals surface area (Å²) in [7, 11) is 1.69. The predicted octanol–water partition coefficient (Wildman–Crippen LogP) is 2.71. The normalized spacial score (nSPS) is 16.9. The molecule has 0 amide bonds. The molecule has 1 fully saturated rings. The fourth-order valence-electron chi connectivity index (χ4n) is 2.69. The molecule has 1 aromatic carbocycles. The van der Waals surface area contributed by atoms with E-state index in [1.54, 1.807) is 7.11 Å². The Balaban J connectivity index is 2.00. The third-order valence-corrected chi connectivity index (χ3v) is 3.73. The van der Waals surface area contributed by atoms with Gasteiger partial charge in [-0.3, -0.25) is 4.98 Å². The van der Waals surface area contributed by atoms with Crippen molar-refractivity contribution < 1.29 is 4.74 Å². The first kappa shape index (κ1) is 11.5. The van der Waals surface area contributed by atoms with Gasteiger partial charge in [-0.25, -0.2) is 0 Å². The van der Waals surface area contributed by atoms with Gasteiger partial charge in [-0.05, 0) is 49.5 Å². The van der Waals surface area contributed by atoms with Crippen molar-refractivity contribution in [3.8, 4) is 5.75 Å². The van der Waals surface area contributed by atoms with E-state index in [1.165, 1.54) is 23.8 Å². The minimum Gasteiger partial charge on any atom is -0.494 e. The van der Waals surface area contributed by atoms with E-state index in [0.717, 1.165) is 24.4 Å². The van der Waals surface area contributed by atoms with Crippen LogP contribution in [0.5, 0.6) is 5.75 Å². The lowest BCUT2D eigenvalue weighted by Crippen LogP contribution is -2.26. The highest BCUT2D eigenvalue weighted by molar-refractivity contribution is 5.84. The Hall–Kier alpha value is -1.61. The molecule has 1 N–H and O–H groups in total. The second-order valence-electron chi connectivity index (χ2n) is 4.82. The van der Waals surface area contributed by atoms with Gasteiger partial charge in [-0.15, -0.1) is 0 Å². The maximum absolute atomic E-state index is 5.34. The highest BCUT2D eigenvalue weighted by Gasteiger charge is 2.16. The number of fused-ring (bicyclic) bond motifs is 1. The molecule has 0 bridgehead atoms. The number of rotatable bonds is 2. The Bertz CT molecular complexity index is 547. The molecule has 94 valence electrons. The molecule has 3 rings (SSSR count). The van der Waals surface area contributed by atoms with Crippen LogP contribution >= 0.6 is 0 Å². The summed E-state index contributed by atoms with van der Waals surface area (Å²) < 4.78 is 5.34. The second kappa shape index (κ2) is 4.94. The van der Waals surface area contributed by atoms with Crippen LogP contribution in [0, 0.1) is 0 Å². The van der Waals surface area contributed by atoms with Gasteiger partial charge in [0, 0.05) is 11.6 Å². The number of hydrogen-bond donors (Lipinski definition) is 1. The van der Waals surface area contributed by atoms with Gasteiger partial charge in [-0.1, -0.05) is 12.1 Å². The third kappa shape index (κ3) is 2.06. The van der Waals surface area contributed by atoms with Gasteiger partial charge < -0.3 is 10.1 Å². The van der Waals surface area contributed by atoms with Crippen LogP contribution in [0.4, 0.5) is 0 Å². The van der Waals surface area contributed by atoms with E-state index in [2.05, 4.69) is 22.4 Å². The highest BCUT2D eigenvalue weighted by Crippen LogP contribution is 2.29. The largest absolute Gasteiger partial charge is 0.494 e. The number of pyridine rings is 1. The summed E-state index contributed by atoms with van der Waals surface area (Å²) in [5, 5.41) is 4.57. The molecule has 3 nitrogen and oxygen atoms in total. The number of para-hydroxylation sites is 1. The van der Waals surface area contributed by atoms with Gasteiger partial charge in [0.1, 0.15) is 11.3 Å². The first-order valence-electron chi connectivity index (χ1n) is 6.52. The quantitative estimate of drug-likeness (QED) is 0.879. The standard InChI is InChI=1S/C15H18N2O/c1-18-14-4-2-3-12-9-13(10-17-15(12)14)11-5-7-16-8-6-11/h2-4,9-11,16H,5-8H2,1H3. The van der Waals surface area contributed by atoms with Crippen LogP contribution in [0.3, 0.4) is 0 Å². The van der Waals surface area contributed by atoms with Gasteiger partial charge in [0.05, 0.1) is 7.11 Å². The minimum absolute atomic E-state index is 0.648. The van der Waals surface area contributed by atoms with Gasteiger partial charge in [0.15, 0.2) is 0 Å². The van der Waals surface area contributed by atoms with Crippen LogP contribution < -0.4 is 10.1 Å². The molecule has 2 heterocycles. The van der Waals surface area contributed by atoms with Gasteiger partial charge in [-0.2, -0.15) is 0 Å². The number of aromatic nitrogens is 1. The second-order valence-corrected chi connectivity index (χ2v) is 4.82. The molecule has 1 aliphatic heterocycles. The van der Waals surface area contributed by atoms with Crippen LogP contribution in [0.15, 0.2) is 30.5 Å². The van der Waals surface area contributed by atoms with Crippen LogP contribution in [0.25, 0.3) is 10.9 Å². The molecule has 1 aliphatic rings. The summed E-state index contributed by atoms with van der Waals surface area (Å²) in [5.74, 6) is 1.50. The summed E-state index contributed by atoms with van der Waals surface area (Å²) in [6.07, 6.45) is 4.43. The lowest BCUT2D eigenvalue weighted by atomic mass is 9.91. The molecule has 0 radical (unpaired) electrons. The Morgan fingerprint density at radius 2 is 2.11 bits per heavy atom. The molecule has 3 heteroatoms. The minimum atomic E-state index is 0.648. The molecule has 0 aliphatic carbocycles. The van der Waals surface area contributed by atoms with Crippen LogP contribution in [0.2, 0.25) is 0 Å². The molecule has 2 aromatic rings. The Labute approximate surface area is 107 Å². The van der Waals surface area contributed by atoms with Crippen molar-refractivity contribution in [2.24, 2.45) is 0 Å². The Morgan fingerprint density at radius 1 is 1.28 bits per heavy atom. The third-order valence-electron chi connectivity index (χ3n) is 3.73. The van der Waals surface area contributed by atoms with E-state index in [0.29, 0.717) is 5.92 Å². The van der Waals surface area contributed by atoms with Gasteiger partial charge in [0.25, 0.3) is 0 Å². The lowest BCUT2D eigenvalue weighted by Gasteiger charge is -2.23. The van der Waals surface area contributed by atoms with Crippen molar-refractivity contribution in [1.29, 1.82) is 0 Å². The SMILES string of the molecule is COc1cccc2cc(C3CCNCC3)cnc12. The number of benzene rings is 1. The van der Waals surface area contributed by atoms with Crippen molar-refractivity contribution in [2.75, 3.05) is 20.2 Å². The summed E-state index contributed by atoms with van der Waals surface area (Å²) in [6, 6.07) is 8.35. The average molecular weight is 242 g/mol. The van der Waals surface area contributed by atoms with Crippen molar-refractivity contribution in [1.82, 2.24) is 10.3 Å². The maximum atomic E-state index is 5.34. The van der Waals surface area contributed by atoms with Crippen LogP contribution in [-0.4, -0.2) is 25.2 Å². The number of ether oxygens (including phenoxy) is 1. The van der Waals surface area contributed by atoms with Crippen molar-refractivity contribution in [3.05, 3.63) is 36.0 Å². The fraction of sp³-hybridized carbons (Fsp3) is 0.400. The summed E-state index contributed by atoms with van der Waals surface area (Å²) in [5.41, 5.74) is 2.31. The van der Waals surface area contributed by atoms with Gasteiger partial charge in [0.2, 0.25) is 0 Å². The van der Waals surface area contributed by atoms with Gasteiger partial charge >= 0.3 is 0 Å². The molecule has 1 aromatic heterocycles.